The summed E-state index contributed by atoms with van der Waals surface area (Å²) >= 11 is 12.9. The van der Waals surface area contributed by atoms with Crippen molar-refractivity contribution in [2.24, 2.45) is 0 Å². The van der Waals surface area contributed by atoms with E-state index in [1.54, 1.807) is 23.1 Å². The standard InChI is InChI=1S/C21H21BrClN3OS2/c22-15-3-8-18-19(14-15)29-21(24-18)26-11-9-25(10-12-26)20(27)2-1-13-28-17-6-4-16(23)5-7-17/h3-8,14H,1-2,9-13H2. The molecule has 152 valence electrons. The maximum absolute atomic E-state index is 12.5. The van der Waals surface area contributed by atoms with Crippen molar-refractivity contribution < 1.29 is 4.79 Å². The molecule has 0 aliphatic carbocycles. The van der Waals surface area contributed by atoms with Crippen molar-refractivity contribution in [3.8, 4) is 0 Å². The molecular weight excluding hydrogens is 490 g/mol. The summed E-state index contributed by atoms with van der Waals surface area (Å²) in [5.41, 5.74) is 1.03. The van der Waals surface area contributed by atoms with E-state index in [2.05, 4.69) is 26.9 Å². The van der Waals surface area contributed by atoms with Crippen LogP contribution in [0.25, 0.3) is 10.2 Å². The molecule has 1 fully saturated rings. The third-order valence-corrected chi connectivity index (χ3v) is 7.78. The number of fused-ring (bicyclic) bond motifs is 1. The fourth-order valence-electron chi connectivity index (χ4n) is 3.27. The second-order valence-corrected chi connectivity index (χ2v) is 10.4. The van der Waals surface area contributed by atoms with Crippen LogP contribution in [0.5, 0.6) is 0 Å². The molecule has 4 nitrogen and oxygen atoms in total. The summed E-state index contributed by atoms with van der Waals surface area (Å²) in [6.07, 6.45) is 1.49. The van der Waals surface area contributed by atoms with E-state index in [9.17, 15) is 4.79 Å². The number of benzene rings is 2. The Kier molecular flexibility index (Phi) is 7.00. The number of thiazole rings is 1. The van der Waals surface area contributed by atoms with Gasteiger partial charge >= 0.3 is 0 Å². The highest BCUT2D eigenvalue weighted by Crippen LogP contribution is 2.31. The largest absolute Gasteiger partial charge is 0.345 e. The Morgan fingerprint density at radius 2 is 1.90 bits per heavy atom. The maximum Gasteiger partial charge on any atom is 0.222 e. The Morgan fingerprint density at radius 3 is 2.66 bits per heavy atom. The van der Waals surface area contributed by atoms with Crippen LogP contribution < -0.4 is 4.90 Å². The fraction of sp³-hybridized carbons (Fsp3) is 0.333. The number of halogens is 2. The van der Waals surface area contributed by atoms with Gasteiger partial charge in [-0.25, -0.2) is 4.98 Å². The molecule has 3 aromatic rings. The van der Waals surface area contributed by atoms with Crippen LogP contribution in [0.15, 0.2) is 51.8 Å². The number of aromatic nitrogens is 1. The zero-order valence-corrected chi connectivity index (χ0v) is 19.8. The summed E-state index contributed by atoms with van der Waals surface area (Å²) in [6, 6.07) is 14.0. The number of nitrogens with zero attached hydrogens (tertiary/aromatic N) is 3. The Hall–Kier alpha value is -1.28. The number of hydrogen-bond donors (Lipinski definition) is 0. The first-order valence-electron chi connectivity index (χ1n) is 9.56. The number of anilines is 1. The summed E-state index contributed by atoms with van der Waals surface area (Å²) in [5, 5.41) is 1.80. The highest BCUT2D eigenvalue weighted by molar-refractivity contribution is 9.10. The van der Waals surface area contributed by atoms with Gasteiger partial charge in [0.05, 0.1) is 10.2 Å². The molecule has 1 aliphatic rings. The minimum Gasteiger partial charge on any atom is -0.345 e. The van der Waals surface area contributed by atoms with Gasteiger partial charge in [0.1, 0.15) is 0 Å². The van der Waals surface area contributed by atoms with E-state index in [1.807, 2.05) is 41.3 Å². The second-order valence-electron chi connectivity index (χ2n) is 6.88. The van der Waals surface area contributed by atoms with Crippen molar-refractivity contribution in [3.63, 3.8) is 0 Å². The molecule has 0 N–H and O–H groups in total. The number of rotatable bonds is 6. The predicted molar refractivity (Wildman–Crippen MR) is 128 cm³/mol. The monoisotopic (exact) mass is 509 g/mol. The first kappa shape index (κ1) is 21.0. The fourth-order valence-corrected chi connectivity index (χ4v) is 5.82. The number of thioether (sulfide) groups is 1. The Balaban J connectivity index is 1.22. The molecule has 1 amide bonds. The molecule has 1 aromatic heterocycles. The molecule has 1 aliphatic heterocycles. The van der Waals surface area contributed by atoms with E-state index in [1.165, 1.54) is 9.60 Å². The number of hydrogen-bond acceptors (Lipinski definition) is 5. The molecule has 0 spiro atoms. The van der Waals surface area contributed by atoms with E-state index < -0.39 is 0 Å². The SMILES string of the molecule is O=C(CCCSc1ccc(Cl)cc1)N1CCN(c2nc3ccc(Br)cc3s2)CC1. The van der Waals surface area contributed by atoms with Crippen molar-refractivity contribution in [2.75, 3.05) is 36.8 Å². The smallest absolute Gasteiger partial charge is 0.222 e. The molecule has 0 bridgehead atoms. The normalized spacial score (nSPS) is 14.6. The molecule has 0 unspecified atom stereocenters. The quantitative estimate of drug-likeness (QED) is 0.304. The van der Waals surface area contributed by atoms with E-state index in [4.69, 9.17) is 16.6 Å². The van der Waals surface area contributed by atoms with Crippen LogP contribution in [0.4, 0.5) is 5.13 Å². The molecule has 0 saturated carbocycles. The van der Waals surface area contributed by atoms with Gasteiger partial charge in [-0.1, -0.05) is 38.9 Å². The van der Waals surface area contributed by atoms with Crippen molar-refractivity contribution in [1.29, 1.82) is 0 Å². The van der Waals surface area contributed by atoms with Gasteiger partial charge in [-0.2, -0.15) is 0 Å². The third-order valence-electron chi connectivity index (χ3n) is 4.86. The van der Waals surface area contributed by atoms with E-state index in [0.29, 0.717) is 6.42 Å². The van der Waals surface area contributed by atoms with E-state index in [0.717, 1.165) is 58.5 Å². The number of amides is 1. The van der Waals surface area contributed by atoms with Crippen molar-refractivity contribution in [2.45, 2.75) is 17.7 Å². The molecule has 0 radical (unpaired) electrons. The lowest BCUT2D eigenvalue weighted by Gasteiger charge is -2.34. The molecule has 1 saturated heterocycles. The lowest BCUT2D eigenvalue weighted by atomic mass is 10.2. The van der Waals surface area contributed by atoms with Gasteiger partial charge < -0.3 is 9.80 Å². The molecule has 0 atom stereocenters. The average Bonchev–Trinajstić information content (AvgIpc) is 3.15. The lowest BCUT2D eigenvalue weighted by Crippen LogP contribution is -2.48. The Bertz CT molecular complexity index is 987. The molecular formula is C21H21BrClN3OS2. The van der Waals surface area contributed by atoms with E-state index >= 15 is 0 Å². The van der Waals surface area contributed by atoms with Crippen LogP contribution in [0.2, 0.25) is 5.02 Å². The van der Waals surface area contributed by atoms with Gasteiger partial charge in [-0.3, -0.25) is 4.79 Å². The van der Waals surface area contributed by atoms with E-state index in [-0.39, 0.29) is 5.91 Å². The van der Waals surface area contributed by atoms with Crippen molar-refractivity contribution in [1.82, 2.24) is 9.88 Å². The number of carbonyl (C=O) groups is 1. The Labute approximate surface area is 192 Å². The van der Waals surface area contributed by atoms with Gasteiger partial charge in [0.2, 0.25) is 5.91 Å². The summed E-state index contributed by atoms with van der Waals surface area (Å²) in [7, 11) is 0. The van der Waals surface area contributed by atoms with Crippen molar-refractivity contribution >= 4 is 71.9 Å². The lowest BCUT2D eigenvalue weighted by molar-refractivity contribution is -0.131. The van der Waals surface area contributed by atoms with Gasteiger partial charge in [0.25, 0.3) is 0 Å². The molecule has 2 aromatic carbocycles. The number of carbonyl (C=O) groups excluding carboxylic acids is 1. The summed E-state index contributed by atoms with van der Waals surface area (Å²) in [5.74, 6) is 1.20. The first-order valence-corrected chi connectivity index (χ1v) is 12.5. The van der Waals surface area contributed by atoms with Crippen LogP contribution in [0.1, 0.15) is 12.8 Å². The van der Waals surface area contributed by atoms with Crippen LogP contribution >= 0.6 is 50.6 Å². The zero-order valence-electron chi connectivity index (χ0n) is 15.8. The molecule has 4 rings (SSSR count). The molecule has 29 heavy (non-hydrogen) atoms. The molecule has 2 heterocycles. The predicted octanol–water partition coefficient (Wildman–Crippen LogP) is 5.93. The average molecular weight is 511 g/mol. The summed E-state index contributed by atoms with van der Waals surface area (Å²) < 4.78 is 2.26. The van der Waals surface area contributed by atoms with Crippen LogP contribution in [-0.4, -0.2) is 47.7 Å². The van der Waals surface area contributed by atoms with Crippen molar-refractivity contribution in [3.05, 3.63) is 52.0 Å². The first-order chi connectivity index (χ1) is 14.1. The van der Waals surface area contributed by atoms with Crippen LogP contribution in [-0.2, 0) is 4.79 Å². The summed E-state index contributed by atoms with van der Waals surface area (Å²) in [4.78, 5) is 22.8. The highest BCUT2D eigenvalue weighted by atomic mass is 79.9. The van der Waals surface area contributed by atoms with Crippen LogP contribution in [0, 0.1) is 0 Å². The second kappa shape index (κ2) is 9.69. The van der Waals surface area contributed by atoms with Gasteiger partial charge in [-0.15, -0.1) is 11.8 Å². The molecule has 8 heteroatoms. The Morgan fingerprint density at radius 1 is 1.14 bits per heavy atom. The van der Waals surface area contributed by atoms with Gasteiger partial charge in [0, 0.05) is 47.0 Å². The minimum absolute atomic E-state index is 0.259. The zero-order chi connectivity index (χ0) is 20.2. The summed E-state index contributed by atoms with van der Waals surface area (Å²) in [6.45, 7) is 3.21. The maximum atomic E-state index is 12.5. The van der Waals surface area contributed by atoms with Crippen LogP contribution in [0.3, 0.4) is 0 Å². The minimum atomic E-state index is 0.259. The third kappa shape index (κ3) is 5.45. The number of piperazine rings is 1. The highest BCUT2D eigenvalue weighted by Gasteiger charge is 2.22. The van der Waals surface area contributed by atoms with Gasteiger partial charge in [-0.05, 0) is 54.6 Å². The van der Waals surface area contributed by atoms with Gasteiger partial charge in [0.15, 0.2) is 5.13 Å². The topological polar surface area (TPSA) is 36.4 Å².